The second-order valence-corrected chi connectivity index (χ2v) is 6.22. The number of rotatable bonds is 6. The van der Waals surface area contributed by atoms with Crippen molar-refractivity contribution in [3.05, 3.63) is 29.8 Å². The van der Waals surface area contributed by atoms with E-state index in [1.807, 2.05) is 25.1 Å². The third-order valence-electron chi connectivity index (χ3n) is 2.77. The van der Waals surface area contributed by atoms with Gasteiger partial charge in [-0.2, -0.15) is 0 Å². The number of nitrogens with zero attached hydrogens (tertiary/aromatic N) is 1. The highest BCUT2D eigenvalue weighted by Gasteiger charge is 2.21. The van der Waals surface area contributed by atoms with Crippen LogP contribution in [0.25, 0.3) is 0 Å². The van der Waals surface area contributed by atoms with Gasteiger partial charge in [0.05, 0.1) is 6.61 Å². The summed E-state index contributed by atoms with van der Waals surface area (Å²) in [6.45, 7) is 8.33. The summed E-state index contributed by atoms with van der Waals surface area (Å²) >= 11 is 0. The Morgan fingerprint density at radius 3 is 2.57 bits per heavy atom. The number of anilines is 1. The molecule has 0 atom stereocenters. The van der Waals surface area contributed by atoms with E-state index in [0.717, 1.165) is 5.56 Å². The predicted molar refractivity (Wildman–Crippen MR) is 89.3 cm³/mol. The first-order valence-corrected chi connectivity index (χ1v) is 7.62. The van der Waals surface area contributed by atoms with Gasteiger partial charge in [0.15, 0.2) is 0 Å². The Morgan fingerprint density at radius 1 is 1.26 bits per heavy atom. The van der Waals surface area contributed by atoms with Crippen molar-refractivity contribution < 1.29 is 19.1 Å². The maximum Gasteiger partial charge on any atom is 0.410 e. The first-order valence-electron chi connectivity index (χ1n) is 7.62. The van der Waals surface area contributed by atoms with E-state index in [1.54, 1.807) is 26.8 Å². The molecule has 128 valence electrons. The molecular formula is C17H26N2O4. The van der Waals surface area contributed by atoms with E-state index in [9.17, 15) is 9.59 Å². The van der Waals surface area contributed by atoms with Crippen LogP contribution in [-0.4, -0.2) is 42.7 Å². The fourth-order valence-corrected chi connectivity index (χ4v) is 1.78. The van der Waals surface area contributed by atoms with Gasteiger partial charge in [0.2, 0.25) is 5.91 Å². The van der Waals surface area contributed by atoms with Crippen LogP contribution >= 0.6 is 0 Å². The summed E-state index contributed by atoms with van der Waals surface area (Å²) in [5, 5.41) is 2.76. The van der Waals surface area contributed by atoms with Crippen molar-refractivity contribution in [2.75, 3.05) is 25.5 Å². The summed E-state index contributed by atoms with van der Waals surface area (Å²) in [6.07, 6.45) is -0.530. The molecule has 1 N–H and O–H groups in total. The van der Waals surface area contributed by atoms with Crippen LogP contribution in [0.15, 0.2) is 24.3 Å². The Balaban J connectivity index is 2.54. The maximum absolute atomic E-state index is 12.0. The number of hydrogen-bond acceptors (Lipinski definition) is 4. The van der Waals surface area contributed by atoms with Crippen LogP contribution < -0.4 is 5.32 Å². The van der Waals surface area contributed by atoms with Gasteiger partial charge in [0.25, 0.3) is 0 Å². The molecule has 1 aromatic rings. The summed E-state index contributed by atoms with van der Waals surface area (Å²) < 4.78 is 10.5. The van der Waals surface area contributed by atoms with E-state index < -0.39 is 11.7 Å². The Morgan fingerprint density at radius 2 is 1.96 bits per heavy atom. The number of carbonyl (C=O) groups excluding carboxylic acids is 2. The zero-order chi connectivity index (χ0) is 17.5. The molecule has 0 aliphatic rings. The lowest BCUT2D eigenvalue weighted by atomic mass is 10.2. The van der Waals surface area contributed by atoms with Gasteiger partial charge in [0, 0.05) is 19.3 Å². The largest absolute Gasteiger partial charge is 0.444 e. The quantitative estimate of drug-likeness (QED) is 0.874. The van der Waals surface area contributed by atoms with E-state index in [0.29, 0.717) is 18.9 Å². The molecule has 0 unspecified atom stereocenters. The van der Waals surface area contributed by atoms with Crippen LogP contribution in [-0.2, 0) is 20.9 Å². The van der Waals surface area contributed by atoms with Crippen molar-refractivity contribution >= 4 is 17.7 Å². The van der Waals surface area contributed by atoms with Crippen molar-refractivity contribution in [2.45, 2.75) is 39.9 Å². The van der Waals surface area contributed by atoms with Gasteiger partial charge in [0.1, 0.15) is 12.1 Å². The number of ether oxygens (including phenoxy) is 2. The number of benzene rings is 1. The average Bonchev–Trinajstić information content (AvgIpc) is 2.43. The van der Waals surface area contributed by atoms with Crippen LogP contribution in [0.3, 0.4) is 0 Å². The molecule has 1 aromatic carbocycles. The summed E-state index contributed by atoms with van der Waals surface area (Å²) in [7, 11) is 1.53. The molecule has 0 radical (unpaired) electrons. The van der Waals surface area contributed by atoms with Gasteiger partial charge in [-0.15, -0.1) is 0 Å². The Hall–Kier alpha value is -2.08. The molecule has 0 aliphatic carbocycles. The highest BCUT2D eigenvalue weighted by molar-refractivity contribution is 5.93. The van der Waals surface area contributed by atoms with E-state index >= 15 is 0 Å². The molecule has 6 heteroatoms. The lowest BCUT2D eigenvalue weighted by Crippen LogP contribution is -2.38. The number of nitrogens with one attached hydrogen (secondary N) is 1. The molecule has 0 bridgehead atoms. The molecule has 0 saturated carbocycles. The minimum atomic E-state index is -0.588. The second-order valence-electron chi connectivity index (χ2n) is 6.22. The molecule has 0 aromatic heterocycles. The fourth-order valence-electron chi connectivity index (χ4n) is 1.78. The Labute approximate surface area is 137 Å². The van der Waals surface area contributed by atoms with Gasteiger partial charge in [-0.1, -0.05) is 12.1 Å². The molecule has 1 rings (SSSR count). The fraction of sp³-hybridized carbons (Fsp3) is 0.529. The van der Waals surface area contributed by atoms with Gasteiger partial charge in [-0.3, -0.25) is 4.79 Å². The third kappa shape index (κ3) is 7.65. The van der Waals surface area contributed by atoms with Crippen LogP contribution in [0.2, 0.25) is 0 Å². The van der Waals surface area contributed by atoms with Gasteiger partial charge in [-0.05, 0) is 45.4 Å². The van der Waals surface area contributed by atoms with Crippen LogP contribution in [0.4, 0.5) is 10.5 Å². The SMILES string of the molecule is CCOCc1cccc(NC(=O)CN(C)C(=O)OC(C)(C)C)c1. The average molecular weight is 322 g/mol. The van der Waals surface area contributed by atoms with Gasteiger partial charge < -0.3 is 19.7 Å². The maximum atomic E-state index is 12.0. The first kappa shape index (κ1) is 19.0. The monoisotopic (exact) mass is 322 g/mol. The molecule has 2 amide bonds. The topological polar surface area (TPSA) is 67.9 Å². The minimum absolute atomic E-state index is 0.0788. The summed E-state index contributed by atoms with van der Waals surface area (Å²) in [5.41, 5.74) is 1.06. The van der Waals surface area contributed by atoms with Crippen LogP contribution in [0.1, 0.15) is 33.3 Å². The standard InChI is InChI=1S/C17H26N2O4/c1-6-22-12-13-8-7-9-14(10-13)18-15(20)11-19(5)16(21)23-17(2,3)4/h7-10H,6,11-12H2,1-5H3,(H,18,20). The normalized spacial score (nSPS) is 11.0. The van der Waals surface area contributed by atoms with Crippen molar-refractivity contribution in [1.29, 1.82) is 0 Å². The zero-order valence-corrected chi connectivity index (χ0v) is 14.5. The molecule has 0 heterocycles. The molecular weight excluding hydrogens is 296 g/mol. The van der Waals surface area contributed by atoms with E-state index in [2.05, 4.69) is 5.32 Å². The minimum Gasteiger partial charge on any atom is -0.444 e. The molecule has 6 nitrogen and oxygen atoms in total. The lowest BCUT2D eigenvalue weighted by Gasteiger charge is -2.24. The Bertz CT molecular complexity index is 538. The molecule has 23 heavy (non-hydrogen) atoms. The number of hydrogen-bond donors (Lipinski definition) is 1. The van der Waals surface area contributed by atoms with E-state index in [4.69, 9.17) is 9.47 Å². The Kier molecular flexibility index (Phi) is 7.03. The van der Waals surface area contributed by atoms with E-state index in [1.165, 1.54) is 11.9 Å². The summed E-state index contributed by atoms with van der Waals surface area (Å²) in [6, 6.07) is 7.42. The van der Waals surface area contributed by atoms with Crippen molar-refractivity contribution in [3.63, 3.8) is 0 Å². The van der Waals surface area contributed by atoms with Gasteiger partial charge >= 0.3 is 6.09 Å². The van der Waals surface area contributed by atoms with Crippen LogP contribution in [0, 0.1) is 0 Å². The first-order chi connectivity index (χ1) is 10.7. The number of likely N-dealkylation sites (N-methyl/N-ethyl adjacent to an activating group) is 1. The summed E-state index contributed by atoms with van der Waals surface area (Å²) in [4.78, 5) is 25.1. The molecule has 0 spiro atoms. The molecule has 0 fully saturated rings. The highest BCUT2D eigenvalue weighted by Crippen LogP contribution is 2.12. The molecule has 0 saturated heterocycles. The zero-order valence-electron chi connectivity index (χ0n) is 14.5. The third-order valence-corrected chi connectivity index (χ3v) is 2.77. The van der Waals surface area contributed by atoms with Crippen LogP contribution in [0.5, 0.6) is 0 Å². The predicted octanol–water partition coefficient (Wildman–Crippen LogP) is 3.03. The van der Waals surface area contributed by atoms with Gasteiger partial charge in [-0.25, -0.2) is 4.79 Å². The summed E-state index contributed by atoms with van der Waals surface area (Å²) in [5.74, 6) is -0.285. The number of amides is 2. The lowest BCUT2D eigenvalue weighted by molar-refractivity contribution is -0.117. The highest BCUT2D eigenvalue weighted by atomic mass is 16.6. The van der Waals surface area contributed by atoms with Crippen molar-refractivity contribution in [3.8, 4) is 0 Å². The second kappa shape index (κ2) is 8.53. The molecule has 0 aliphatic heterocycles. The smallest absolute Gasteiger partial charge is 0.410 e. The number of carbonyl (C=O) groups is 2. The van der Waals surface area contributed by atoms with E-state index in [-0.39, 0.29) is 12.5 Å². The van der Waals surface area contributed by atoms with Crippen molar-refractivity contribution in [2.24, 2.45) is 0 Å². The van der Waals surface area contributed by atoms with Crippen molar-refractivity contribution in [1.82, 2.24) is 4.90 Å².